The molecule has 0 spiro atoms. The monoisotopic (exact) mass is 473 g/mol. The Bertz CT molecular complexity index is 1180. The Hall–Kier alpha value is -4.20. The molecule has 8 heteroatoms. The van der Waals surface area contributed by atoms with Gasteiger partial charge in [0, 0.05) is 32.5 Å². The maximum atomic E-state index is 13.3. The van der Waals surface area contributed by atoms with Crippen molar-refractivity contribution in [2.75, 3.05) is 11.9 Å². The summed E-state index contributed by atoms with van der Waals surface area (Å²) in [5, 5.41) is 2.76. The van der Waals surface area contributed by atoms with Crippen molar-refractivity contribution in [2.45, 2.75) is 37.9 Å². The highest BCUT2D eigenvalue weighted by molar-refractivity contribution is 6.43. The van der Waals surface area contributed by atoms with Gasteiger partial charge >= 0.3 is 0 Å². The largest absolute Gasteiger partial charge is 0.448 e. The van der Waals surface area contributed by atoms with E-state index in [2.05, 4.69) is 5.32 Å². The molecular weight excluding hydrogens is 446 g/mol. The number of ketones is 1. The molecule has 0 aliphatic carbocycles. The number of carbonyl (C=O) groups excluding carboxylic acids is 4. The first-order valence-corrected chi connectivity index (χ1v) is 11.5. The maximum absolute atomic E-state index is 13.3. The highest BCUT2D eigenvalue weighted by Crippen LogP contribution is 2.22. The number of likely N-dealkylation sites (tertiary alicyclic amines) is 1. The fraction of sp³-hybridized carbons (Fsp3) is 0.259. The first-order chi connectivity index (χ1) is 16.9. The van der Waals surface area contributed by atoms with Gasteiger partial charge in [0.1, 0.15) is 12.1 Å². The number of benzene rings is 2. The average molecular weight is 474 g/mol. The Balaban J connectivity index is 1.52. The lowest BCUT2D eigenvalue weighted by Crippen LogP contribution is -2.53. The van der Waals surface area contributed by atoms with Crippen LogP contribution < -0.4 is 10.2 Å². The molecule has 0 saturated carbocycles. The van der Waals surface area contributed by atoms with Gasteiger partial charge in [-0.1, -0.05) is 60.7 Å². The van der Waals surface area contributed by atoms with Crippen LogP contribution in [0.4, 0.5) is 5.88 Å². The van der Waals surface area contributed by atoms with E-state index in [1.54, 1.807) is 12.1 Å². The van der Waals surface area contributed by atoms with Crippen LogP contribution in [-0.4, -0.2) is 47.5 Å². The maximum Gasteiger partial charge on any atom is 0.298 e. The molecule has 3 aromatic rings. The molecule has 35 heavy (non-hydrogen) atoms. The van der Waals surface area contributed by atoms with Crippen LogP contribution in [0.15, 0.2) is 83.5 Å². The Kier molecular flexibility index (Phi) is 7.40. The van der Waals surface area contributed by atoms with Crippen LogP contribution in [0, 0.1) is 0 Å². The number of hydrogen-bond acceptors (Lipinski definition) is 5. The first-order valence-electron chi connectivity index (χ1n) is 11.5. The van der Waals surface area contributed by atoms with Gasteiger partial charge in [-0.2, -0.15) is 0 Å². The molecule has 1 aliphatic rings. The molecule has 2 heterocycles. The number of anilines is 1. The van der Waals surface area contributed by atoms with Crippen LogP contribution in [0.5, 0.6) is 0 Å². The fourth-order valence-corrected chi connectivity index (χ4v) is 4.19. The first kappa shape index (κ1) is 23.9. The van der Waals surface area contributed by atoms with Crippen molar-refractivity contribution in [3.63, 3.8) is 0 Å². The molecule has 1 fully saturated rings. The molecule has 0 bridgehead atoms. The van der Waals surface area contributed by atoms with Gasteiger partial charge in [0.25, 0.3) is 5.91 Å². The number of hydrogen-bond donors (Lipinski definition) is 1. The van der Waals surface area contributed by atoms with Gasteiger partial charge in [0.2, 0.25) is 23.5 Å². The van der Waals surface area contributed by atoms with Crippen molar-refractivity contribution in [3.05, 3.63) is 90.2 Å². The summed E-state index contributed by atoms with van der Waals surface area (Å²) >= 11 is 0. The summed E-state index contributed by atoms with van der Waals surface area (Å²) in [4.78, 5) is 54.7. The van der Waals surface area contributed by atoms with Gasteiger partial charge < -0.3 is 14.6 Å². The van der Waals surface area contributed by atoms with Gasteiger partial charge in [-0.25, -0.2) is 0 Å². The lowest BCUT2D eigenvalue weighted by molar-refractivity contribution is -0.140. The van der Waals surface area contributed by atoms with E-state index >= 15 is 0 Å². The number of Topliss-reactive ketones (excluding diaryl/α,β-unsaturated/α-hetero) is 1. The van der Waals surface area contributed by atoms with Crippen LogP contribution in [0.1, 0.15) is 24.0 Å². The van der Waals surface area contributed by atoms with Crippen LogP contribution in [-0.2, 0) is 32.1 Å². The van der Waals surface area contributed by atoms with Gasteiger partial charge in [-0.15, -0.1) is 0 Å². The third-order valence-corrected chi connectivity index (χ3v) is 6.09. The topological polar surface area (TPSA) is 99.9 Å². The number of rotatable bonds is 9. The molecule has 2 aromatic carbocycles. The number of nitrogens with one attached hydrogen (secondary N) is 1. The van der Waals surface area contributed by atoms with E-state index in [1.807, 2.05) is 60.7 Å². The van der Waals surface area contributed by atoms with E-state index in [-0.39, 0.29) is 24.6 Å². The molecule has 8 nitrogen and oxygen atoms in total. The van der Waals surface area contributed by atoms with E-state index in [0.29, 0.717) is 13.0 Å². The fourth-order valence-electron chi connectivity index (χ4n) is 4.19. The summed E-state index contributed by atoms with van der Waals surface area (Å²) < 4.78 is 5.23. The van der Waals surface area contributed by atoms with Gasteiger partial charge in [0.05, 0.1) is 6.26 Å². The molecule has 2 unspecified atom stereocenters. The smallest absolute Gasteiger partial charge is 0.298 e. The Morgan fingerprint density at radius 2 is 1.66 bits per heavy atom. The van der Waals surface area contributed by atoms with E-state index in [0.717, 1.165) is 16.0 Å². The number of amides is 3. The second kappa shape index (κ2) is 10.8. The average Bonchev–Trinajstić information content (AvgIpc) is 3.54. The summed E-state index contributed by atoms with van der Waals surface area (Å²) in [6, 6.07) is 20.0. The van der Waals surface area contributed by atoms with E-state index in [1.165, 1.54) is 18.2 Å². The van der Waals surface area contributed by atoms with Gasteiger partial charge in [0.15, 0.2) is 0 Å². The van der Waals surface area contributed by atoms with Crippen LogP contribution >= 0.6 is 0 Å². The summed E-state index contributed by atoms with van der Waals surface area (Å²) in [6.45, 7) is 0.301. The third-order valence-electron chi connectivity index (χ3n) is 6.09. The quantitative estimate of drug-likeness (QED) is 0.482. The van der Waals surface area contributed by atoms with E-state index < -0.39 is 29.7 Å². The van der Waals surface area contributed by atoms with Gasteiger partial charge in [-0.05, 0) is 23.6 Å². The predicted octanol–water partition coefficient (Wildman–Crippen LogP) is 2.73. The molecule has 1 aliphatic heterocycles. The summed E-state index contributed by atoms with van der Waals surface area (Å²) in [5.41, 5.74) is 1.70. The molecule has 1 N–H and O–H groups in total. The Morgan fingerprint density at radius 1 is 1.00 bits per heavy atom. The Labute approximate surface area is 203 Å². The third kappa shape index (κ3) is 5.66. The van der Waals surface area contributed by atoms with E-state index in [9.17, 15) is 19.2 Å². The van der Waals surface area contributed by atoms with Crippen molar-refractivity contribution in [1.29, 1.82) is 0 Å². The van der Waals surface area contributed by atoms with Crippen molar-refractivity contribution < 1.29 is 23.6 Å². The molecule has 1 aromatic heterocycles. The number of furan rings is 1. The molecule has 1 saturated heterocycles. The second-order valence-corrected chi connectivity index (χ2v) is 8.49. The normalized spacial score (nSPS) is 16.1. The highest BCUT2D eigenvalue weighted by Gasteiger charge is 2.38. The molecular formula is C27H27N3O5. The van der Waals surface area contributed by atoms with Crippen molar-refractivity contribution in [1.82, 2.24) is 10.2 Å². The number of carbonyl (C=O) groups is 4. The van der Waals surface area contributed by atoms with Gasteiger partial charge in [-0.3, -0.25) is 24.1 Å². The standard InChI is InChI=1S/C27H27N3O5/c1-29(24-13-8-16-35-24)27(34)25(32)21(17-19-9-4-2-5-10-19)28-26(33)22-14-15-23(31)30(22)18-20-11-6-3-7-12-20/h2-13,16,21-22H,14-15,17-18H2,1H3,(H,28,33). The van der Waals surface area contributed by atoms with Crippen molar-refractivity contribution in [2.24, 2.45) is 0 Å². The molecule has 0 radical (unpaired) electrons. The predicted molar refractivity (Wildman–Crippen MR) is 129 cm³/mol. The summed E-state index contributed by atoms with van der Waals surface area (Å²) in [5.74, 6) is -1.91. The second-order valence-electron chi connectivity index (χ2n) is 8.49. The SMILES string of the molecule is CN(C(=O)C(=O)C(Cc1ccccc1)NC(=O)C1CCC(=O)N1Cc1ccccc1)c1ccco1. The van der Waals surface area contributed by atoms with E-state index in [4.69, 9.17) is 4.42 Å². The number of likely N-dealkylation sites (N-methyl/N-ethyl adjacent to an activating group) is 1. The minimum Gasteiger partial charge on any atom is -0.448 e. The van der Waals surface area contributed by atoms with Crippen LogP contribution in [0.3, 0.4) is 0 Å². The lowest BCUT2D eigenvalue weighted by Gasteiger charge is -2.27. The van der Waals surface area contributed by atoms with Crippen LogP contribution in [0.25, 0.3) is 0 Å². The minimum absolute atomic E-state index is 0.117. The number of nitrogens with zero attached hydrogens (tertiary/aromatic N) is 2. The molecule has 4 rings (SSSR count). The summed E-state index contributed by atoms with van der Waals surface area (Å²) in [6.07, 6.45) is 2.15. The zero-order valence-corrected chi connectivity index (χ0v) is 19.4. The van der Waals surface area contributed by atoms with Crippen molar-refractivity contribution >= 4 is 29.4 Å². The van der Waals surface area contributed by atoms with Crippen LogP contribution in [0.2, 0.25) is 0 Å². The highest BCUT2D eigenvalue weighted by atomic mass is 16.3. The molecule has 2 atom stereocenters. The Morgan fingerprint density at radius 3 is 2.29 bits per heavy atom. The lowest BCUT2D eigenvalue weighted by atomic mass is 10.0. The minimum atomic E-state index is -1.09. The molecule has 180 valence electrons. The zero-order valence-electron chi connectivity index (χ0n) is 19.4. The molecule has 3 amide bonds. The summed E-state index contributed by atoms with van der Waals surface area (Å²) in [7, 11) is 1.44. The zero-order chi connectivity index (χ0) is 24.8. The van der Waals surface area contributed by atoms with Crippen molar-refractivity contribution in [3.8, 4) is 0 Å².